The van der Waals surface area contributed by atoms with Crippen LogP contribution in [0.15, 0.2) is 0 Å². The van der Waals surface area contributed by atoms with Gasteiger partial charge in [0.05, 0.1) is 12.2 Å². The minimum Gasteiger partial charge on any atom is -0.393 e. The fourth-order valence-electron chi connectivity index (χ4n) is 2.84. The van der Waals surface area contributed by atoms with Gasteiger partial charge in [0.15, 0.2) is 0 Å². The van der Waals surface area contributed by atoms with Crippen LogP contribution in [0.25, 0.3) is 0 Å². The maximum absolute atomic E-state index is 9.98. The normalized spacial score (nSPS) is 33.0. The van der Waals surface area contributed by atoms with Crippen LogP contribution in [-0.2, 0) is 0 Å². The van der Waals surface area contributed by atoms with E-state index >= 15 is 0 Å². The largest absolute Gasteiger partial charge is 0.393 e. The molecule has 0 aliphatic heterocycles. The van der Waals surface area contributed by atoms with Gasteiger partial charge >= 0.3 is 0 Å². The summed E-state index contributed by atoms with van der Waals surface area (Å²) in [7, 11) is 2.02. The van der Waals surface area contributed by atoms with Crippen LogP contribution in [0.2, 0.25) is 0 Å². The molecule has 1 saturated carbocycles. The third-order valence-electron chi connectivity index (χ3n) is 3.75. The maximum Gasteiger partial charge on any atom is 0.0638 e. The molecule has 96 valence electrons. The molecular formula is C13H27NO2. The SMILES string of the molecule is CCC1CCC(O)C(CN(C)CC(C)O)C1. The zero-order valence-electron chi connectivity index (χ0n) is 10.9. The molecule has 0 heterocycles. The average Bonchev–Trinajstić information content (AvgIpc) is 2.20. The van der Waals surface area contributed by atoms with Crippen LogP contribution < -0.4 is 0 Å². The summed E-state index contributed by atoms with van der Waals surface area (Å²) in [4.78, 5) is 2.14. The lowest BCUT2D eigenvalue weighted by Gasteiger charge is -2.35. The van der Waals surface area contributed by atoms with E-state index in [0.717, 1.165) is 25.3 Å². The van der Waals surface area contributed by atoms with E-state index in [-0.39, 0.29) is 12.2 Å². The first kappa shape index (κ1) is 13.9. The average molecular weight is 229 g/mol. The van der Waals surface area contributed by atoms with Crippen LogP contribution >= 0.6 is 0 Å². The van der Waals surface area contributed by atoms with Crippen molar-refractivity contribution in [2.75, 3.05) is 20.1 Å². The van der Waals surface area contributed by atoms with Gasteiger partial charge in [-0.2, -0.15) is 0 Å². The molecule has 0 spiro atoms. The van der Waals surface area contributed by atoms with Crippen LogP contribution in [0.4, 0.5) is 0 Å². The second kappa shape index (κ2) is 6.58. The van der Waals surface area contributed by atoms with Gasteiger partial charge in [-0.3, -0.25) is 0 Å². The Morgan fingerprint density at radius 3 is 2.62 bits per heavy atom. The Balaban J connectivity index is 2.38. The molecule has 3 heteroatoms. The van der Waals surface area contributed by atoms with Crippen LogP contribution in [-0.4, -0.2) is 47.5 Å². The lowest BCUT2D eigenvalue weighted by molar-refractivity contribution is 0.0241. The highest BCUT2D eigenvalue weighted by Crippen LogP contribution is 2.31. The second-order valence-corrected chi connectivity index (χ2v) is 5.48. The van der Waals surface area contributed by atoms with Crippen molar-refractivity contribution in [3.8, 4) is 0 Å². The van der Waals surface area contributed by atoms with Gasteiger partial charge in [-0.25, -0.2) is 0 Å². The highest BCUT2D eigenvalue weighted by atomic mass is 16.3. The van der Waals surface area contributed by atoms with Gasteiger partial charge in [-0.05, 0) is 45.1 Å². The molecule has 0 bridgehead atoms. The molecule has 4 atom stereocenters. The van der Waals surface area contributed by atoms with Gasteiger partial charge in [-0.1, -0.05) is 13.3 Å². The summed E-state index contributed by atoms with van der Waals surface area (Å²) in [6.45, 7) is 5.64. The minimum atomic E-state index is -0.285. The second-order valence-electron chi connectivity index (χ2n) is 5.48. The van der Waals surface area contributed by atoms with E-state index in [9.17, 15) is 10.2 Å². The van der Waals surface area contributed by atoms with E-state index in [1.54, 1.807) is 0 Å². The quantitative estimate of drug-likeness (QED) is 0.750. The van der Waals surface area contributed by atoms with Crippen molar-refractivity contribution in [3.05, 3.63) is 0 Å². The zero-order chi connectivity index (χ0) is 12.1. The summed E-state index contributed by atoms with van der Waals surface area (Å²) in [5.74, 6) is 1.18. The Labute approximate surface area is 99.5 Å². The summed E-state index contributed by atoms with van der Waals surface area (Å²) in [6.07, 6.45) is 4.07. The summed E-state index contributed by atoms with van der Waals surface area (Å²) in [6, 6.07) is 0. The molecule has 1 rings (SSSR count). The van der Waals surface area contributed by atoms with Crippen molar-refractivity contribution >= 4 is 0 Å². The number of likely N-dealkylation sites (N-methyl/N-ethyl adjacent to an activating group) is 1. The molecule has 0 aromatic rings. The van der Waals surface area contributed by atoms with Crippen LogP contribution in [0.3, 0.4) is 0 Å². The number of aliphatic hydroxyl groups is 2. The van der Waals surface area contributed by atoms with Gasteiger partial charge in [0, 0.05) is 13.1 Å². The van der Waals surface area contributed by atoms with E-state index in [1.807, 2.05) is 14.0 Å². The monoisotopic (exact) mass is 229 g/mol. The first-order valence-corrected chi connectivity index (χ1v) is 6.57. The van der Waals surface area contributed by atoms with E-state index in [2.05, 4.69) is 11.8 Å². The van der Waals surface area contributed by atoms with Crippen molar-refractivity contribution in [2.45, 2.75) is 51.7 Å². The first-order valence-electron chi connectivity index (χ1n) is 6.57. The van der Waals surface area contributed by atoms with E-state index in [1.165, 1.54) is 12.8 Å². The van der Waals surface area contributed by atoms with Crippen LogP contribution in [0.1, 0.15) is 39.5 Å². The molecule has 0 aromatic heterocycles. The predicted octanol–water partition coefficient (Wildman–Crippen LogP) is 1.49. The van der Waals surface area contributed by atoms with Crippen LogP contribution in [0.5, 0.6) is 0 Å². The summed E-state index contributed by atoms with van der Waals surface area (Å²) < 4.78 is 0. The lowest BCUT2D eigenvalue weighted by atomic mass is 9.78. The summed E-state index contributed by atoms with van der Waals surface area (Å²) >= 11 is 0. The third-order valence-corrected chi connectivity index (χ3v) is 3.75. The van der Waals surface area contributed by atoms with Gasteiger partial charge in [0.1, 0.15) is 0 Å². The van der Waals surface area contributed by atoms with E-state index in [0.29, 0.717) is 12.5 Å². The number of hydrogen-bond donors (Lipinski definition) is 2. The minimum absolute atomic E-state index is 0.140. The number of hydrogen-bond acceptors (Lipinski definition) is 3. The Morgan fingerprint density at radius 2 is 2.06 bits per heavy atom. The lowest BCUT2D eigenvalue weighted by Crippen LogP contribution is -2.39. The molecule has 0 aromatic carbocycles. The molecule has 3 nitrogen and oxygen atoms in total. The van der Waals surface area contributed by atoms with E-state index in [4.69, 9.17) is 0 Å². The Hall–Kier alpha value is -0.120. The molecule has 0 saturated heterocycles. The molecule has 16 heavy (non-hydrogen) atoms. The number of rotatable bonds is 5. The molecule has 0 radical (unpaired) electrons. The standard InChI is InChI=1S/C13H27NO2/c1-4-11-5-6-13(16)12(7-11)9-14(3)8-10(2)15/h10-13,15-16H,4-9H2,1-3H3. The Bertz CT molecular complexity index is 196. The molecule has 1 aliphatic carbocycles. The molecule has 4 unspecified atom stereocenters. The fourth-order valence-corrected chi connectivity index (χ4v) is 2.84. The smallest absolute Gasteiger partial charge is 0.0638 e. The summed E-state index contributed by atoms with van der Waals surface area (Å²) in [5.41, 5.74) is 0. The Kier molecular flexibility index (Phi) is 5.73. The molecule has 0 amide bonds. The highest BCUT2D eigenvalue weighted by Gasteiger charge is 2.29. The van der Waals surface area contributed by atoms with Crippen molar-refractivity contribution in [1.82, 2.24) is 4.90 Å². The van der Waals surface area contributed by atoms with Crippen molar-refractivity contribution in [2.24, 2.45) is 11.8 Å². The van der Waals surface area contributed by atoms with Crippen LogP contribution in [0, 0.1) is 11.8 Å². The topological polar surface area (TPSA) is 43.7 Å². The van der Waals surface area contributed by atoms with Gasteiger partial charge < -0.3 is 15.1 Å². The van der Waals surface area contributed by atoms with Gasteiger partial charge in [0.2, 0.25) is 0 Å². The molecule has 1 fully saturated rings. The maximum atomic E-state index is 9.98. The number of nitrogens with zero attached hydrogens (tertiary/aromatic N) is 1. The fraction of sp³-hybridized carbons (Fsp3) is 1.00. The molecule has 2 N–H and O–H groups in total. The highest BCUT2D eigenvalue weighted by molar-refractivity contribution is 4.81. The third kappa shape index (κ3) is 4.40. The van der Waals surface area contributed by atoms with Gasteiger partial charge in [0.25, 0.3) is 0 Å². The van der Waals surface area contributed by atoms with Crippen molar-refractivity contribution < 1.29 is 10.2 Å². The van der Waals surface area contributed by atoms with E-state index < -0.39 is 0 Å². The first-order chi connectivity index (χ1) is 7.52. The molecule has 1 aliphatic rings. The molecular weight excluding hydrogens is 202 g/mol. The predicted molar refractivity (Wildman–Crippen MR) is 66.3 cm³/mol. The zero-order valence-corrected chi connectivity index (χ0v) is 10.9. The van der Waals surface area contributed by atoms with Crippen molar-refractivity contribution in [1.29, 1.82) is 0 Å². The Morgan fingerprint density at radius 1 is 1.38 bits per heavy atom. The number of aliphatic hydroxyl groups excluding tert-OH is 2. The van der Waals surface area contributed by atoms with Gasteiger partial charge in [-0.15, -0.1) is 0 Å². The summed E-state index contributed by atoms with van der Waals surface area (Å²) in [5, 5.41) is 19.3. The van der Waals surface area contributed by atoms with Crippen molar-refractivity contribution in [3.63, 3.8) is 0 Å².